The van der Waals surface area contributed by atoms with Gasteiger partial charge in [0, 0.05) is 24.7 Å². The molecule has 1 aliphatic carbocycles. The molecule has 2 aromatic carbocycles. The van der Waals surface area contributed by atoms with Gasteiger partial charge in [-0.2, -0.15) is 5.26 Å². The van der Waals surface area contributed by atoms with Crippen molar-refractivity contribution < 1.29 is 4.79 Å². The average Bonchev–Trinajstić information content (AvgIpc) is 3.10. The van der Waals surface area contributed by atoms with Gasteiger partial charge in [0.05, 0.1) is 11.6 Å². The molecule has 1 saturated carbocycles. The molecule has 26 heavy (non-hydrogen) atoms. The maximum atomic E-state index is 12.1. The summed E-state index contributed by atoms with van der Waals surface area (Å²) >= 11 is 0. The number of amides is 1. The Hall–Kier alpha value is -2.64. The Bertz CT molecular complexity index is 749. The molecule has 0 spiro atoms. The van der Waals surface area contributed by atoms with Gasteiger partial charge < -0.3 is 10.6 Å². The second-order valence-electron chi connectivity index (χ2n) is 6.93. The summed E-state index contributed by atoms with van der Waals surface area (Å²) in [5, 5.41) is 15.3. The van der Waals surface area contributed by atoms with Gasteiger partial charge in [0.15, 0.2) is 0 Å². The van der Waals surface area contributed by atoms with E-state index in [0.29, 0.717) is 30.5 Å². The van der Waals surface area contributed by atoms with Crippen molar-refractivity contribution in [3.05, 3.63) is 65.7 Å². The van der Waals surface area contributed by atoms with E-state index in [4.69, 9.17) is 5.26 Å². The number of hydrogen-bond acceptors (Lipinski definition) is 3. The van der Waals surface area contributed by atoms with Crippen LogP contribution in [0.2, 0.25) is 0 Å². The lowest BCUT2D eigenvalue weighted by Crippen LogP contribution is -2.35. The fourth-order valence-electron chi connectivity index (χ4n) is 3.69. The quantitative estimate of drug-likeness (QED) is 0.799. The van der Waals surface area contributed by atoms with Gasteiger partial charge in [-0.05, 0) is 55.0 Å². The number of rotatable bonds is 7. The van der Waals surface area contributed by atoms with Gasteiger partial charge in [0.1, 0.15) is 0 Å². The third-order valence-corrected chi connectivity index (χ3v) is 5.06. The van der Waals surface area contributed by atoms with Gasteiger partial charge in [0.2, 0.25) is 5.91 Å². The third kappa shape index (κ3) is 5.18. The summed E-state index contributed by atoms with van der Waals surface area (Å²) in [7, 11) is 0. The Morgan fingerprint density at radius 3 is 2.58 bits per heavy atom. The minimum absolute atomic E-state index is 0.000172. The standard InChI is InChI=1S/C22H25N3O/c23-16-18-9-11-20(12-10-18)25-22(26)13-14-24-21-8-4-7-19(21)15-17-5-2-1-3-6-17/h1-3,5-6,9-12,19,21,24H,4,7-8,13-15H2,(H,25,26)/t19-,21-/m1/s1. The molecule has 1 aliphatic rings. The highest BCUT2D eigenvalue weighted by Gasteiger charge is 2.26. The Labute approximate surface area is 155 Å². The van der Waals surface area contributed by atoms with Crippen LogP contribution in [0, 0.1) is 17.2 Å². The van der Waals surface area contributed by atoms with E-state index in [1.54, 1.807) is 24.3 Å². The Morgan fingerprint density at radius 1 is 1.08 bits per heavy atom. The lowest BCUT2D eigenvalue weighted by molar-refractivity contribution is -0.116. The van der Waals surface area contributed by atoms with Crippen LogP contribution in [0.25, 0.3) is 0 Å². The lowest BCUT2D eigenvalue weighted by Gasteiger charge is -2.21. The Balaban J connectivity index is 1.41. The van der Waals surface area contributed by atoms with Crippen molar-refractivity contribution >= 4 is 11.6 Å². The second kappa shape index (κ2) is 9.17. The maximum Gasteiger partial charge on any atom is 0.225 e. The molecule has 1 amide bonds. The first kappa shape index (κ1) is 18.2. The number of hydrogen-bond donors (Lipinski definition) is 2. The molecular weight excluding hydrogens is 322 g/mol. The SMILES string of the molecule is N#Cc1ccc(NC(=O)CCN[C@@H]2CCC[C@@H]2Cc2ccccc2)cc1. The number of nitrogens with one attached hydrogen (secondary N) is 2. The van der Waals surface area contributed by atoms with Crippen molar-refractivity contribution in [3.8, 4) is 6.07 Å². The van der Waals surface area contributed by atoms with E-state index in [1.807, 2.05) is 0 Å². The van der Waals surface area contributed by atoms with Crippen LogP contribution >= 0.6 is 0 Å². The topological polar surface area (TPSA) is 64.9 Å². The largest absolute Gasteiger partial charge is 0.326 e. The van der Waals surface area contributed by atoms with Crippen LogP contribution in [0.15, 0.2) is 54.6 Å². The number of carbonyl (C=O) groups is 1. The monoisotopic (exact) mass is 347 g/mol. The molecule has 134 valence electrons. The van der Waals surface area contributed by atoms with Crippen molar-refractivity contribution in [2.75, 3.05) is 11.9 Å². The van der Waals surface area contributed by atoms with Crippen molar-refractivity contribution in [2.45, 2.75) is 38.1 Å². The predicted octanol–water partition coefficient (Wildman–Crippen LogP) is 3.89. The molecule has 4 heteroatoms. The van der Waals surface area contributed by atoms with Crippen molar-refractivity contribution in [1.82, 2.24) is 5.32 Å². The van der Waals surface area contributed by atoms with Crippen LogP contribution in [0.1, 0.15) is 36.8 Å². The normalized spacial score (nSPS) is 19.0. The van der Waals surface area contributed by atoms with E-state index in [2.05, 4.69) is 47.0 Å². The van der Waals surface area contributed by atoms with Gasteiger partial charge in [-0.1, -0.05) is 36.8 Å². The van der Waals surface area contributed by atoms with Crippen molar-refractivity contribution in [3.63, 3.8) is 0 Å². The summed E-state index contributed by atoms with van der Waals surface area (Å²) in [6, 6.07) is 20.1. The molecule has 3 rings (SSSR count). The molecule has 0 saturated heterocycles. The Kier molecular flexibility index (Phi) is 6.40. The number of benzene rings is 2. The molecule has 0 bridgehead atoms. The molecule has 2 atom stereocenters. The summed E-state index contributed by atoms with van der Waals surface area (Å²) < 4.78 is 0. The zero-order valence-corrected chi connectivity index (χ0v) is 14.9. The average molecular weight is 347 g/mol. The van der Waals surface area contributed by atoms with E-state index in [1.165, 1.54) is 24.8 Å². The van der Waals surface area contributed by atoms with E-state index < -0.39 is 0 Å². The molecule has 0 heterocycles. The molecule has 2 aromatic rings. The number of nitriles is 1. The third-order valence-electron chi connectivity index (χ3n) is 5.06. The summed E-state index contributed by atoms with van der Waals surface area (Å²) in [5.74, 6) is 0.652. The lowest BCUT2D eigenvalue weighted by atomic mass is 9.94. The molecule has 0 unspecified atom stereocenters. The smallest absolute Gasteiger partial charge is 0.225 e. The van der Waals surface area contributed by atoms with Gasteiger partial charge in [-0.15, -0.1) is 0 Å². The predicted molar refractivity (Wildman–Crippen MR) is 104 cm³/mol. The first-order valence-electron chi connectivity index (χ1n) is 9.32. The summed E-state index contributed by atoms with van der Waals surface area (Å²) in [4.78, 5) is 12.1. The van der Waals surface area contributed by atoms with Gasteiger partial charge in [0.25, 0.3) is 0 Å². The molecule has 4 nitrogen and oxygen atoms in total. The minimum atomic E-state index is -0.000172. The Morgan fingerprint density at radius 2 is 1.85 bits per heavy atom. The number of nitrogens with zero attached hydrogens (tertiary/aromatic N) is 1. The molecule has 2 N–H and O–H groups in total. The van der Waals surface area contributed by atoms with E-state index >= 15 is 0 Å². The molecule has 0 aromatic heterocycles. The summed E-state index contributed by atoms with van der Waals surface area (Å²) in [6.07, 6.45) is 5.26. The van der Waals surface area contributed by atoms with Crippen LogP contribution in [0.5, 0.6) is 0 Å². The highest BCUT2D eigenvalue weighted by molar-refractivity contribution is 5.90. The van der Waals surface area contributed by atoms with Gasteiger partial charge in [-0.3, -0.25) is 4.79 Å². The van der Waals surface area contributed by atoms with Gasteiger partial charge in [-0.25, -0.2) is 0 Å². The van der Waals surface area contributed by atoms with Crippen LogP contribution < -0.4 is 10.6 Å². The van der Waals surface area contributed by atoms with Crippen LogP contribution in [0.3, 0.4) is 0 Å². The van der Waals surface area contributed by atoms with Crippen LogP contribution in [-0.4, -0.2) is 18.5 Å². The first-order chi connectivity index (χ1) is 12.7. The molecule has 1 fully saturated rings. The van der Waals surface area contributed by atoms with Crippen LogP contribution in [0.4, 0.5) is 5.69 Å². The zero-order valence-electron chi connectivity index (χ0n) is 14.9. The van der Waals surface area contributed by atoms with Crippen molar-refractivity contribution in [1.29, 1.82) is 5.26 Å². The highest BCUT2D eigenvalue weighted by Crippen LogP contribution is 2.28. The van der Waals surface area contributed by atoms with Crippen molar-refractivity contribution in [2.24, 2.45) is 5.92 Å². The fourth-order valence-corrected chi connectivity index (χ4v) is 3.69. The molecular formula is C22H25N3O. The summed E-state index contributed by atoms with van der Waals surface area (Å²) in [5.41, 5.74) is 2.72. The highest BCUT2D eigenvalue weighted by atomic mass is 16.1. The van der Waals surface area contributed by atoms with Gasteiger partial charge >= 0.3 is 0 Å². The van der Waals surface area contributed by atoms with E-state index in [9.17, 15) is 4.79 Å². The summed E-state index contributed by atoms with van der Waals surface area (Å²) in [6.45, 7) is 0.693. The van der Waals surface area contributed by atoms with Crippen LogP contribution in [-0.2, 0) is 11.2 Å². The fraction of sp³-hybridized carbons (Fsp3) is 0.364. The second-order valence-corrected chi connectivity index (χ2v) is 6.93. The zero-order chi connectivity index (χ0) is 18.2. The first-order valence-corrected chi connectivity index (χ1v) is 9.32. The van der Waals surface area contributed by atoms with E-state index in [-0.39, 0.29) is 5.91 Å². The van der Waals surface area contributed by atoms with E-state index in [0.717, 1.165) is 12.1 Å². The molecule has 0 radical (unpaired) electrons. The number of carbonyl (C=O) groups excluding carboxylic acids is 1. The molecule has 0 aliphatic heterocycles. The minimum Gasteiger partial charge on any atom is -0.326 e. The number of anilines is 1. The maximum absolute atomic E-state index is 12.1.